The summed E-state index contributed by atoms with van der Waals surface area (Å²) in [6, 6.07) is 5.04. The van der Waals surface area contributed by atoms with Crippen LogP contribution >= 0.6 is 23.2 Å². The first-order valence-corrected chi connectivity index (χ1v) is 10.3. The van der Waals surface area contributed by atoms with Gasteiger partial charge in [-0.05, 0) is 37.8 Å². The molecule has 1 N–H and O–H groups in total. The zero-order valence-electron chi connectivity index (χ0n) is 15.4. The van der Waals surface area contributed by atoms with Crippen LogP contribution in [-0.4, -0.2) is 29.8 Å². The van der Waals surface area contributed by atoms with E-state index in [1.165, 1.54) is 32.1 Å². The third kappa shape index (κ3) is 6.48. The molecule has 2 amide bonds. The van der Waals surface area contributed by atoms with Crippen molar-refractivity contribution in [2.24, 2.45) is 5.92 Å². The summed E-state index contributed by atoms with van der Waals surface area (Å²) in [5.74, 6) is 0.517. The minimum absolute atomic E-state index is 0.0142. The van der Waals surface area contributed by atoms with Gasteiger partial charge in [-0.15, -0.1) is 0 Å². The van der Waals surface area contributed by atoms with E-state index in [9.17, 15) is 9.59 Å². The Labute approximate surface area is 166 Å². The number of nitrogens with zero attached hydrogens (tertiary/aromatic N) is 1. The number of halogens is 2. The van der Waals surface area contributed by atoms with E-state index < -0.39 is 0 Å². The third-order valence-corrected chi connectivity index (χ3v) is 5.65. The number of hydrogen-bond acceptors (Lipinski definition) is 2. The molecule has 0 heterocycles. The molecular weight excluding hydrogens is 371 g/mol. The Bertz CT molecular complexity index is 596. The number of anilines is 1. The van der Waals surface area contributed by atoms with Crippen LogP contribution in [0.3, 0.4) is 0 Å². The van der Waals surface area contributed by atoms with Crippen molar-refractivity contribution in [2.75, 3.05) is 18.4 Å². The zero-order chi connectivity index (χ0) is 18.9. The third-order valence-electron chi connectivity index (χ3n) is 5.02. The predicted octanol–water partition coefficient (Wildman–Crippen LogP) is 5.53. The molecule has 1 aliphatic carbocycles. The highest BCUT2D eigenvalue weighted by Crippen LogP contribution is 2.30. The Morgan fingerprint density at radius 1 is 1.15 bits per heavy atom. The molecule has 144 valence electrons. The van der Waals surface area contributed by atoms with Gasteiger partial charge in [0.05, 0.1) is 22.3 Å². The van der Waals surface area contributed by atoms with Crippen LogP contribution in [0.15, 0.2) is 18.2 Å². The number of hydrogen-bond donors (Lipinski definition) is 1. The lowest BCUT2D eigenvalue weighted by Crippen LogP contribution is -2.37. The predicted molar refractivity (Wildman–Crippen MR) is 108 cm³/mol. The molecule has 1 saturated carbocycles. The molecule has 0 saturated heterocycles. The van der Waals surface area contributed by atoms with Gasteiger partial charge in [0.25, 0.3) is 0 Å². The first-order chi connectivity index (χ1) is 12.5. The molecule has 0 bridgehead atoms. The van der Waals surface area contributed by atoms with Crippen molar-refractivity contribution in [3.05, 3.63) is 28.2 Å². The Morgan fingerprint density at radius 3 is 2.42 bits per heavy atom. The van der Waals surface area contributed by atoms with E-state index in [0.29, 0.717) is 28.7 Å². The van der Waals surface area contributed by atoms with Crippen molar-refractivity contribution < 1.29 is 9.59 Å². The number of carbonyl (C=O) groups excluding carboxylic acids is 2. The van der Waals surface area contributed by atoms with E-state index >= 15 is 0 Å². The number of amides is 2. The number of nitrogens with one attached hydrogen (secondary N) is 1. The summed E-state index contributed by atoms with van der Waals surface area (Å²) in [7, 11) is 0. The van der Waals surface area contributed by atoms with Gasteiger partial charge in [-0.1, -0.05) is 61.4 Å². The molecule has 1 aromatic carbocycles. The van der Waals surface area contributed by atoms with Gasteiger partial charge in [-0.25, -0.2) is 0 Å². The molecule has 0 unspecified atom stereocenters. The Kier molecular flexibility index (Phi) is 8.73. The second-order valence-corrected chi connectivity index (χ2v) is 7.76. The van der Waals surface area contributed by atoms with Crippen molar-refractivity contribution in [3.8, 4) is 0 Å². The molecule has 0 aliphatic heterocycles. The fraction of sp³-hybridized carbons (Fsp3) is 0.600. The van der Waals surface area contributed by atoms with Crippen LogP contribution in [0, 0.1) is 5.92 Å². The van der Waals surface area contributed by atoms with Crippen LogP contribution < -0.4 is 5.32 Å². The summed E-state index contributed by atoms with van der Waals surface area (Å²) in [5, 5.41) is 3.47. The molecule has 0 spiro atoms. The number of rotatable bonds is 8. The standard InChI is InChI=1S/C20H28Cl2N2O2/c1-2-24(19(26)13-6-10-15-8-4-3-5-9-15)14-18(25)23-20-16(21)11-7-12-17(20)22/h7,11-12,15H,2-6,8-10,13-14H2,1H3,(H,23,25). The largest absolute Gasteiger partial charge is 0.334 e. The van der Waals surface area contributed by atoms with Crippen LogP contribution in [0.2, 0.25) is 10.0 Å². The lowest BCUT2D eigenvalue weighted by molar-refractivity contribution is -0.134. The monoisotopic (exact) mass is 398 g/mol. The maximum absolute atomic E-state index is 12.4. The SMILES string of the molecule is CCN(CC(=O)Nc1c(Cl)cccc1Cl)C(=O)CCCC1CCCCC1. The van der Waals surface area contributed by atoms with E-state index in [1.54, 1.807) is 23.1 Å². The van der Waals surface area contributed by atoms with Crippen molar-refractivity contribution in [3.63, 3.8) is 0 Å². The van der Waals surface area contributed by atoms with E-state index in [0.717, 1.165) is 18.8 Å². The van der Waals surface area contributed by atoms with Crippen molar-refractivity contribution in [1.29, 1.82) is 0 Å². The zero-order valence-corrected chi connectivity index (χ0v) is 16.9. The topological polar surface area (TPSA) is 49.4 Å². The van der Waals surface area contributed by atoms with E-state index in [2.05, 4.69) is 5.32 Å². The van der Waals surface area contributed by atoms with Gasteiger partial charge >= 0.3 is 0 Å². The number of likely N-dealkylation sites (N-methyl/N-ethyl adjacent to an activating group) is 1. The van der Waals surface area contributed by atoms with Crippen molar-refractivity contribution >= 4 is 40.7 Å². The molecule has 26 heavy (non-hydrogen) atoms. The Morgan fingerprint density at radius 2 is 1.81 bits per heavy atom. The first kappa shape index (κ1) is 21.0. The van der Waals surface area contributed by atoms with Gasteiger partial charge in [0.2, 0.25) is 11.8 Å². The molecule has 0 aromatic heterocycles. The van der Waals surface area contributed by atoms with E-state index in [1.807, 2.05) is 6.92 Å². The van der Waals surface area contributed by atoms with Crippen molar-refractivity contribution in [1.82, 2.24) is 4.90 Å². The van der Waals surface area contributed by atoms with Gasteiger partial charge in [0, 0.05) is 13.0 Å². The first-order valence-electron chi connectivity index (χ1n) is 9.53. The summed E-state index contributed by atoms with van der Waals surface area (Å²) in [6.07, 6.45) is 9.12. The van der Waals surface area contributed by atoms with E-state index in [4.69, 9.17) is 23.2 Å². The Balaban J connectivity index is 1.79. The molecule has 1 fully saturated rings. The van der Waals surface area contributed by atoms with Gasteiger partial charge in [-0.3, -0.25) is 9.59 Å². The molecule has 1 aromatic rings. The number of para-hydroxylation sites is 1. The molecule has 1 aliphatic rings. The van der Waals surface area contributed by atoms with Crippen LogP contribution in [0.4, 0.5) is 5.69 Å². The molecular formula is C20H28Cl2N2O2. The summed E-state index contributed by atoms with van der Waals surface area (Å²) in [6.45, 7) is 2.40. The fourth-order valence-electron chi connectivity index (χ4n) is 3.52. The van der Waals surface area contributed by atoms with Gasteiger partial charge in [-0.2, -0.15) is 0 Å². The van der Waals surface area contributed by atoms with E-state index in [-0.39, 0.29) is 18.4 Å². The minimum atomic E-state index is -0.289. The molecule has 0 atom stereocenters. The highest BCUT2D eigenvalue weighted by molar-refractivity contribution is 6.39. The molecule has 6 heteroatoms. The molecule has 4 nitrogen and oxygen atoms in total. The van der Waals surface area contributed by atoms with Crippen LogP contribution in [0.5, 0.6) is 0 Å². The Hall–Kier alpha value is -1.26. The second kappa shape index (κ2) is 10.8. The minimum Gasteiger partial charge on any atom is -0.334 e. The smallest absolute Gasteiger partial charge is 0.244 e. The normalized spacial score (nSPS) is 14.9. The van der Waals surface area contributed by atoms with Crippen molar-refractivity contribution in [2.45, 2.75) is 58.3 Å². The second-order valence-electron chi connectivity index (χ2n) is 6.95. The summed E-state index contributed by atoms with van der Waals surface area (Å²) in [4.78, 5) is 26.3. The number of carbonyl (C=O) groups is 2. The van der Waals surface area contributed by atoms with Crippen LogP contribution in [0.25, 0.3) is 0 Å². The quantitative estimate of drug-likeness (QED) is 0.625. The highest BCUT2D eigenvalue weighted by Gasteiger charge is 2.18. The lowest BCUT2D eigenvalue weighted by atomic mass is 9.86. The van der Waals surface area contributed by atoms with Gasteiger partial charge in [0.1, 0.15) is 0 Å². The highest BCUT2D eigenvalue weighted by atomic mass is 35.5. The summed E-state index contributed by atoms with van der Waals surface area (Å²) < 4.78 is 0. The molecule has 2 rings (SSSR count). The maximum Gasteiger partial charge on any atom is 0.244 e. The fourth-order valence-corrected chi connectivity index (χ4v) is 4.01. The summed E-state index contributed by atoms with van der Waals surface area (Å²) in [5.41, 5.74) is 0.390. The number of benzene rings is 1. The van der Waals surface area contributed by atoms with Gasteiger partial charge in [0.15, 0.2) is 0 Å². The summed E-state index contributed by atoms with van der Waals surface area (Å²) >= 11 is 12.1. The average Bonchev–Trinajstić information content (AvgIpc) is 2.63. The van der Waals surface area contributed by atoms with Crippen LogP contribution in [-0.2, 0) is 9.59 Å². The van der Waals surface area contributed by atoms with Gasteiger partial charge < -0.3 is 10.2 Å². The average molecular weight is 399 g/mol. The lowest BCUT2D eigenvalue weighted by Gasteiger charge is -2.23. The maximum atomic E-state index is 12.4. The van der Waals surface area contributed by atoms with Crippen LogP contribution in [0.1, 0.15) is 58.3 Å². The molecule has 0 radical (unpaired) electrons.